The van der Waals surface area contributed by atoms with Crippen LogP contribution in [-0.2, 0) is 4.79 Å². The van der Waals surface area contributed by atoms with E-state index in [1.165, 1.54) is 5.57 Å². The van der Waals surface area contributed by atoms with E-state index in [1.807, 2.05) is 0 Å². The molecule has 0 bridgehead atoms. The van der Waals surface area contributed by atoms with Crippen LogP contribution in [0.2, 0.25) is 0 Å². The maximum absolute atomic E-state index is 11.9. The Labute approximate surface area is 84.2 Å². The number of hydrogen-bond donors (Lipinski definition) is 0. The number of carbonyl (C=O) groups is 1. The zero-order chi connectivity index (χ0) is 9.60. The SMILES string of the molecule is O=C1CCC2CC12C1=CC=CCC=C1. The third-order valence-electron chi connectivity index (χ3n) is 3.82. The van der Waals surface area contributed by atoms with Gasteiger partial charge in [0.2, 0.25) is 0 Å². The highest BCUT2D eigenvalue weighted by molar-refractivity contribution is 5.94. The molecule has 0 aromatic heterocycles. The van der Waals surface area contributed by atoms with Gasteiger partial charge in [-0.05, 0) is 30.8 Å². The topological polar surface area (TPSA) is 17.1 Å². The molecule has 0 radical (unpaired) electrons. The molecule has 72 valence electrons. The molecule has 0 spiro atoms. The van der Waals surface area contributed by atoms with Gasteiger partial charge in [0, 0.05) is 6.42 Å². The minimum Gasteiger partial charge on any atom is -0.299 e. The highest BCUT2D eigenvalue weighted by atomic mass is 16.1. The van der Waals surface area contributed by atoms with E-state index in [1.54, 1.807) is 0 Å². The number of ketones is 1. The Balaban J connectivity index is 1.99. The van der Waals surface area contributed by atoms with Gasteiger partial charge >= 0.3 is 0 Å². The van der Waals surface area contributed by atoms with Gasteiger partial charge in [0.15, 0.2) is 0 Å². The van der Waals surface area contributed by atoms with Crippen molar-refractivity contribution in [2.75, 3.05) is 0 Å². The van der Waals surface area contributed by atoms with Gasteiger partial charge in [-0.1, -0.05) is 30.4 Å². The van der Waals surface area contributed by atoms with Gasteiger partial charge in [0.05, 0.1) is 5.41 Å². The predicted molar refractivity (Wildman–Crippen MR) is 55.8 cm³/mol. The molecule has 1 heteroatoms. The van der Waals surface area contributed by atoms with Crippen molar-refractivity contribution in [3.05, 3.63) is 36.0 Å². The molecular formula is C13H14O. The van der Waals surface area contributed by atoms with Crippen molar-refractivity contribution >= 4 is 5.78 Å². The lowest BCUT2D eigenvalue weighted by Crippen LogP contribution is -2.14. The van der Waals surface area contributed by atoms with Crippen LogP contribution < -0.4 is 0 Å². The normalized spacial score (nSPS) is 39.3. The Hall–Kier alpha value is -1.11. The molecule has 2 unspecified atom stereocenters. The van der Waals surface area contributed by atoms with E-state index >= 15 is 0 Å². The second-order valence-electron chi connectivity index (χ2n) is 4.52. The van der Waals surface area contributed by atoms with Crippen molar-refractivity contribution in [1.82, 2.24) is 0 Å². The zero-order valence-corrected chi connectivity index (χ0v) is 8.20. The third kappa shape index (κ3) is 0.927. The lowest BCUT2D eigenvalue weighted by atomic mass is 9.91. The summed E-state index contributed by atoms with van der Waals surface area (Å²) in [5.74, 6) is 1.14. The summed E-state index contributed by atoms with van der Waals surface area (Å²) in [7, 11) is 0. The Morgan fingerprint density at radius 3 is 3.00 bits per heavy atom. The van der Waals surface area contributed by atoms with Gasteiger partial charge in [-0.15, -0.1) is 0 Å². The maximum atomic E-state index is 11.9. The molecule has 0 aromatic rings. The maximum Gasteiger partial charge on any atom is 0.143 e. The number of Topliss-reactive ketones (excluding diaryl/α,β-unsaturated/α-hetero) is 1. The fourth-order valence-electron chi connectivity index (χ4n) is 2.94. The van der Waals surface area contributed by atoms with Gasteiger partial charge in [-0.3, -0.25) is 4.79 Å². The molecule has 3 aliphatic rings. The van der Waals surface area contributed by atoms with Gasteiger partial charge in [-0.2, -0.15) is 0 Å². The molecule has 14 heavy (non-hydrogen) atoms. The summed E-state index contributed by atoms with van der Waals surface area (Å²) in [6.45, 7) is 0. The lowest BCUT2D eigenvalue weighted by molar-refractivity contribution is -0.121. The minimum atomic E-state index is -0.0365. The summed E-state index contributed by atoms with van der Waals surface area (Å²) < 4.78 is 0. The fourth-order valence-corrected chi connectivity index (χ4v) is 2.94. The number of fused-ring (bicyclic) bond motifs is 1. The van der Waals surface area contributed by atoms with Gasteiger partial charge in [-0.25, -0.2) is 0 Å². The first-order chi connectivity index (χ1) is 6.84. The van der Waals surface area contributed by atoms with Crippen LogP contribution in [0.4, 0.5) is 0 Å². The summed E-state index contributed by atoms with van der Waals surface area (Å²) >= 11 is 0. The third-order valence-corrected chi connectivity index (χ3v) is 3.82. The highest BCUT2D eigenvalue weighted by Gasteiger charge is 2.64. The first kappa shape index (κ1) is 8.22. The largest absolute Gasteiger partial charge is 0.299 e. The average molecular weight is 186 g/mol. The molecule has 3 aliphatic carbocycles. The number of hydrogen-bond acceptors (Lipinski definition) is 1. The Bertz CT molecular complexity index is 373. The number of rotatable bonds is 1. The molecule has 3 rings (SSSR count). The van der Waals surface area contributed by atoms with Crippen LogP contribution in [0.3, 0.4) is 0 Å². The molecule has 1 nitrogen and oxygen atoms in total. The zero-order valence-electron chi connectivity index (χ0n) is 8.20. The quantitative estimate of drug-likeness (QED) is 0.615. The summed E-state index contributed by atoms with van der Waals surface area (Å²) in [6.07, 6.45) is 14.7. The van der Waals surface area contributed by atoms with Crippen LogP contribution in [-0.4, -0.2) is 5.78 Å². The standard InChI is InChI=1S/C13H14O/c14-12-8-7-11-9-13(11,12)10-5-3-1-2-4-6-10/h1,3-6,11H,2,7-9H2. The first-order valence-electron chi connectivity index (χ1n) is 5.41. The van der Waals surface area contributed by atoms with E-state index in [2.05, 4.69) is 30.4 Å². The monoisotopic (exact) mass is 186 g/mol. The van der Waals surface area contributed by atoms with E-state index in [0.717, 1.165) is 25.7 Å². The van der Waals surface area contributed by atoms with Crippen molar-refractivity contribution < 1.29 is 4.79 Å². The van der Waals surface area contributed by atoms with Crippen LogP contribution in [0.25, 0.3) is 0 Å². The molecule has 0 heterocycles. The van der Waals surface area contributed by atoms with Crippen molar-refractivity contribution in [2.24, 2.45) is 11.3 Å². The number of allylic oxidation sites excluding steroid dienone is 6. The van der Waals surface area contributed by atoms with Crippen LogP contribution >= 0.6 is 0 Å². The summed E-state index contributed by atoms with van der Waals surface area (Å²) in [6, 6.07) is 0. The fraction of sp³-hybridized carbons (Fsp3) is 0.462. The molecule has 2 atom stereocenters. The van der Waals surface area contributed by atoms with Crippen molar-refractivity contribution in [3.8, 4) is 0 Å². The second kappa shape index (κ2) is 2.69. The highest BCUT2D eigenvalue weighted by Crippen LogP contribution is 2.65. The molecule has 0 aromatic carbocycles. The van der Waals surface area contributed by atoms with E-state index in [0.29, 0.717) is 11.7 Å². The average Bonchev–Trinajstić information content (AvgIpc) is 2.91. The van der Waals surface area contributed by atoms with E-state index < -0.39 is 0 Å². The summed E-state index contributed by atoms with van der Waals surface area (Å²) in [5.41, 5.74) is 1.23. The van der Waals surface area contributed by atoms with Gasteiger partial charge in [0.25, 0.3) is 0 Å². The molecule has 2 fully saturated rings. The summed E-state index contributed by atoms with van der Waals surface area (Å²) in [4.78, 5) is 11.9. The number of carbonyl (C=O) groups excluding carboxylic acids is 1. The smallest absolute Gasteiger partial charge is 0.143 e. The first-order valence-corrected chi connectivity index (χ1v) is 5.41. The van der Waals surface area contributed by atoms with Crippen molar-refractivity contribution in [1.29, 1.82) is 0 Å². The van der Waals surface area contributed by atoms with Crippen molar-refractivity contribution in [2.45, 2.75) is 25.7 Å². The molecule has 0 saturated heterocycles. The Morgan fingerprint density at radius 2 is 2.29 bits per heavy atom. The summed E-state index contributed by atoms with van der Waals surface area (Å²) in [5, 5.41) is 0. The van der Waals surface area contributed by atoms with Gasteiger partial charge < -0.3 is 0 Å². The Morgan fingerprint density at radius 1 is 1.36 bits per heavy atom. The Kier molecular flexibility index (Phi) is 1.58. The minimum absolute atomic E-state index is 0.0365. The van der Waals surface area contributed by atoms with E-state index in [9.17, 15) is 4.79 Å². The van der Waals surface area contributed by atoms with Crippen LogP contribution in [0, 0.1) is 11.3 Å². The predicted octanol–water partition coefficient (Wildman–Crippen LogP) is 2.80. The molecular weight excluding hydrogens is 172 g/mol. The van der Waals surface area contributed by atoms with E-state index in [4.69, 9.17) is 0 Å². The molecule has 2 saturated carbocycles. The molecule has 0 N–H and O–H groups in total. The van der Waals surface area contributed by atoms with Crippen LogP contribution in [0.1, 0.15) is 25.7 Å². The lowest BCUT2D eigenvalue weighted by Gasteiger charge is -2.11. The molecule has 0 aliphatic heterocycles. The van der Waals surface area contributed by atoms with E-state index in [-0.39, 0.29) is 5.41 Å². The van der Waals surface area contributed by atoms with Crippen molar-refractivity contribution in [3.63, 3.8) is 0 Å². The van der Waals surface area contributed by atoms with Crippen LogP contribution in [0.5, 0.6) is 0 Å². The second-order valence-corrected chi connectivity index (χ2v) is 4.52. The van der Waals surface area contributed by atoms with Gasteiger partial charge in [0.1, 0.15) is 5.78 Å². The molecule has 0 amide bonds. The van der Waals surface area contributed by atoms with Crippen LogP contribution in [0.15, 0.2) is 36.0 Å².